The normalized spacial score (nSPS) is 12.7. The van der Waals surface area contributed by atoms with Crippen LogP contribution in [0.2, 0.25) is 0 Å². The Morgan fingerprint density at radius 2 is 0.600 bits per heavy atom. The van der Waals surface area contributed by atoms with Crippen LogP contribution in [0.4, 0.5) is 34.1 Å². The van der Waals surface area contributed by atoms with Crippen LogP contribution < -0.4 is 16.7 Å². The second-order valence-electron chi connectivity index (χ2n) is 37.0. The highest BCUT2D eigenvalue weighted by atomic mass is 16.3. The third-order valence-electron chi connectivity index (χ3n) is 26.5. The van der Waals surface area contributed by atoms with Crippen molar-refractivity contribution in [2.75, 3.05) is 39.3 Å². The molecule has 0 aliphatic rings. The number of unbranched alkanes of at least 4 members (excludes halogenated alkanes) is 12. The zero-order valence-electron chi connectivity index (χ0n) is 86.3. The van der Waals surface area contributed by atoms with Crippen LogP contribution in [-0.2, 0) is 38.9 Å². The zero-order valence-corrected chi connectivity index (χ0v) is 86.3. The maximum absolute atomic E-state index is 14.3. The van der Waals surface area contributed by atoms with Crippen molar-refractivity contribution in [2.24, 2.45) is 66.2 Å². The highest BCUT2D eigenvalue weighted by molar-refractivity contribution is 5.99. The van der Waals surface area contributed by atoms with Gasteiger partial charge in [-0.05, 0) is 186 Å². The Bertz CT molecular complexity index is 4870. The monoisotopic (exact) mass is 1860 g/mol. The van der Waals surface area contributed by atoms with Crippen molar-refractivity contribution in [3.05, 3.63) is 154 Å². The van der Waals surface area contributed by atoms with Crippen LogP contribution in [-0.4, -0.2) is 101 Å². The van der Waals surface area contributed by atoms with Crippen molar-refractivity contribution < 1.29 is 29.7 Å². The van der Waals surface area contributed by atoms with Crippen LogP contribution in [0.1, 0.15) is 420 Å². The lowest BCUT2D eigenvalue weighted by atomic mass is 9.95. The van der Waals surface area contributed by atoms with Gasteiger partial charge in [-0.15, -0.1) is 20.5 Å². The lowest BCUT2D eigenvalue weighted by Gasteiger charge is -2.31. The molecule has 6 aromatic rings. The van der Waals surface area contributed by atoms with E-state index in [1.54, 1.807) is 54.6 Å². The van der Waals surface area contributed by atoms with E-state index >= 15 is 0 Å². The lowest BCUT2D eigenvalue weighted by molar-refractivity contribution is 0.0678. The molecule has 0 saturated heterocycles. The van der Waals surface area contributed by atoms with E-state index in [0.29, 0.717) is 151 Å². The molecule has 135 heavy (non-hydrogen) atoms. The Balaban J connectivity index is 0.000000423. The first kappa shape index (κ1) is 117. The van der Waals surface area contributed by atoms with Gasteiger partial charge in [0, 0.05) is 86.7 Å². The first-order valence-corrected chi connectivity index (χ1v) is 52.5. The minimum Gasteiger partial charge on any atom is -0.493 e. The van der Waals surface area contributed by atoms with Crippen molar-refractivity contribution in [1.82, 2.24) is 28.4 Å². The van der Waals surface area contributed by atoms with E-state index in [1.807, 2.05) is 64.6 Å². The quantitative estimate of drug-likeness (QED) is 0.0300. The third kappa shape index (κ3) is 37.2. The van der Waals surface area contributed by atoms with Gasteiger partial charge in [-0.25, -0.2) is 0 Å². The van der Waals surface area contributed by atoms with E-state index in [2.05, 4.69) is 142 Å². The van der Waals surface area contributed by atoms with Crippen molar-refractivity contribution >= 4 is 51.8 Å². The molecule has 3 aromatic carbocycles. The van der Waals surface area contributed by atoms with E-state index in [1.165, 1.54) is 26.5 Å². The van der Waals surface area contributed by atoms with Gasteiger partial charge >= 0.3 is 0 Å². The first-order chi connectivity index (χ1) is 65.4. The van der Waals surface area contributed by atoms with Gasteiger partial charge in [0.15, 0.2) is 17.1 Å². The summed E-state index contributed by atoms with van der Waals surface area (Å²) in [6.45, 7) is 43.9. The molecule has 0 fully saturated rings. The molecule has 6 unspecified atom stereocenters. The fourth-order valence-corrected chi connectivity index (χ4v) is 17.3. The molecule has 3 aromatic heterocycles. The second-order valence-corrected chi connectivity index (χ2v) is 37.0. The molecule has 24 nitrogen and oxygen atoms in total. The number of nitriles is 3. The van der Waals surface area contributed by atoms with E-state index in [9.17, 15) is 59.9 Å². The molecule has 0 saturated carbocycles. The van der Waals surface area contributed by atoms with E-state index in [4.69, 9.17) is 0 Å². The Morgan fingerprint density at radius 3 is 0.896 bits per heavy atom. The smallest absolute Gasteiger partial charge is 0.281 e. The molecule has 3 heterocycles. The van der Waals surface area contributed by atoms with Crippen LogP contribution in [0.15, 0.2) is 118 Å². The minimum absolute atomic E-state index is 0.00102. The fourth-order valence-electron chi connectivity index (χ4n) is 17.3. The molecule has 3 amide bonds. The molecule has 744 valence electrons. The number of carbonyl (C=O) groups excluding carboxylic acids is 3. The number of hydrogen-bond donors (Lipinski definition) is 3. The summed E-state index contributed by atoms with van der Waals surface area (Å²) in [6.07, 6.45) is 37.3. The summed E-state index contributed by atoms with van der Waals surface area (Å²) in [5.74, 6) is 1.80. The number of aromatic hydroxyl groups is 3. The third-order valence-corrected chi connectivity index (χ3v) is 26.5. The van der Waals surface area contributed by atoms with Crippen molar-refractivity contribution in [2.45, 2.75) is 395 Å². The Hall–Kier alpha value is -10.4. The summed E-state index contributed by atoms with van der Waals surface area (Å²) in [4.78, 5) is 89.0. The van der Waals surface area contributed by atoms with Crippen LogP contribution >= 0.6 is 0 Å². The summed E-state index contributed by atoms with van der Waals surface area (Å²) < 4.78 is 3.69. The zero-order chi connectivity index (χ0) is 99.6. The van der Waals surface area contributed by atoms with Crippen molar-refractivity contribution in [3.63, 3.8) is 0 Å². The summed E-state index contributed by atoms with van der Waals surface area (Å²) in [6, 6.07) is 27.7. The van der Waals surface area contributed by atoms with Gasteiger partial charge in [-0.2, -0.15) is 26.0 Å². The largest absolute Gasteiger partial charge is 0.493 e. The number of azo groups is 3. The summed E-state index contributed by atoms with van der Waals surface area (Å²) in [5.41, 5.74) is 3.35. The number of nitrogens with zero attached hydrogens (tertiary/aromatic N) is 15. The van der Waals surface area contributed by atoms with Gasteiger partial charge in [0.05, 0.1) is 22.6 Å². The highest BCUT2D eigenvalue weighted by Crippen LogP contribution is 2.36. The predicted octanol–water partition coefficient (Wildman–Crippen LogP) is 29.6. The molecule has 0 aliphatic carbocycles. The number of amides is 3. The van der Waals surface area contributed by atoms with Gasteiger partial charge < -0.3 is 30.0 Å². The standard InChI is InChI=1S/3C37H57N5O3/c1-7-13-19-28(11-5)26-41(27-29(12-6)20-14-8-2)35(43)31-22-17-18-23-33(31)39-40-34-30(21-15-9-3)32(25-38)36(44)42(37(34)45)24-16-10-4;1-7-13-18-28(11-5)26-41(27-29(12-6)19-14-8-2)35(43)30-20-17-21-31(24-30)39-40-34-32(22-15-9-3)33(25-38)36(44)42(37(34)45)23-16-10-4;1-7-13-17-28(11-5)26-41(27-29(12-6)18-14-8-2)35(43)30-20-22-31(23-21-30)39-40-34-32(19-15-9-3)33(25-38)36(44)42(37(34)45)24-16-10-4/h17-18,22-23,28-29,44H,7-16,19-21,24,26-27H2,1-6H3;17,20-21,24,28-29,44H,7-16,18-19,22-23,26-27H2,1-6H3;20-23,28-29,44H,7-19,24,26-27H2,1-6H3. The van der Waals surface area contributed by atoms with Gasteiger partial charge in [-0.3, -0.25) is 42.5 Å². The Morgan fingerprint density at radius 1 is 0.319 bits per heavy atom. The molecule has 0 spiro atoms. The van der Waals surface area contributed by atoms with Gasteiger partial charge in [-0.1, -0.05) is 297 Å². The lowest BCUT2D eigenvalue weighted by Crippen LogP contribution is -2.39. The topological polar surface area (TPSA) is 333 Å². The molecular formula is C111H171N15O9. The molecular weight excluding hydrogens is 1690 g/mol. The molecule has 3 N–H and O–H groups in total. The molecule has 24 heteroatoms. The molecule has 6 atom stereocenters. The van der Waals surface area contributed by atoms with Crippen LogP contribution in [0.25, 0.3) is 0 Å². The van der Waals surface area contributed by atoms with Gasteiger partial charge in [0.25, 0.3) is 34.4 Å². The number of rotatable bonds is 63. The van der Waals surface area contributed by atoms with Crippen LogP contribution in [0.3, 0.4) is 0 Å². The van der Waals surface area contributed by atoms with E-state index in [-0.39, 0.29) is 75.7 Å². The molecule has 0 bridgehead atoms. The maximum atomic E-state index is 14.3. The summed E-state index contributed by atoms with van der Waals surface area (Å²) in [5, 5.41) is 88.7. The molecule has 0 aliphatic heterocycles. The van der Waals surface area contributed by atoms with Gasteiger partial charge in [0.1, 0.15) is 34.9 Å². The van der Waals surface area contributed by atoms with E-state index in [0.717, 1.165) is 225 Å². The SMILES string of the molecule is CCCCc1c(C#N)c(O)n(CCCC)c(=O)c1N=Nc1ccc(C(=O)N(CC(CC)CCCC)CC(CC)CCCC)cc1.CCCCc1c(C#N)c(O)n(CCCC)c(=O)c1N=Nc1cccc(C(=O)N(CC(CC)CCCC)CC(CC)CCCC)c1.CCCCc1c(C#N)c(O)n(CCCC)c(=O)c1N=Nc1ccccc1C(=O)N(CC(CC)CCCC)CC(CC)CCCC. The number of carbonyl (C=O) groups is 3. The second kappa shape index (κ2) is 66.9. The number of benzene rings is 3. The highest BCUT2D eigenvalue weighted by Gasteiger charge is 2.31. The first-order valence-electron chi connectivity index (χ1n) is 52.5. The van der Waals surface area contributed by atoms with Crippen molar-refractivity contribution in [3.8, 4) is 35.8 Å². The Labute approximate surface area is 811 Å². The molecule has 0 radical (unpaired) electrons. The fraction of sp³-hybridized carbons (Fsp3) is 0.649. The van der Waals surface area contributed by atoms with E-state index < -0.39 is 16.7 Å². The number of aromatic nitrogens is 3. The van der Waals surface area contributed by atoms with Crippen LogP contribution in [0, 0.1) is 69.5 Å². The summed E-state index contributed by atoms with van der Waals surface area (Å²) >= 11 is 0. The maximum Gasteiger partial charge on any atom is 0.281 e. The van der Waals surface area contributed by atoms with Crippen molar-refractivity contribution in [1.29, 1.82) is 15.8 Å². The van der Waals surface area contributed by atoms with Gasteiger partial charge in [0.2, 0.25) is 17.6 Å². The predicted molar refractivity (Wildman–Crippen MR) is 551 cm³/mol. The average Bonchev–Trinajstić information content (AvgIpc) is 0.784. The molecule has 6 rings (SSSR count). The number of pyridine rings is 3. The number of hydrogen-bond acceptors (Lipinski definition) is 18. The minimum atomic E-state index is -0.469. The summed E-state index contributed by atoms with van der Waals surface area (Å²) in [7, 11) is 0. The van der Waals surface area contributed by atoms with Crippen LogP contribution in [0.5, 0.6) is 17.6 Å². The average molecular weight is 1860 g/mol. The Kier molecular flexibility index (Phi) is 58.0.